The fraction of sp³-hybridized carbons (Fsp3) is 0.500. The Morgan fingerprint density at radius 1 is 1.27 bits per heavy atom. The van der Waals surface area contributed by atoms with E-state index in [1.807, 2.05) is 0 Å². The number of hydrogen-bond donors (Lipinski definition) is 1. The van der Waals surface area contributed by atoms with Crippen molar-refractivity contribution < 1.29 is 23.5 Å². The third-order valence-electron chi connectivity index (χ3n) is 3.69. The lowest BCUT2D eigenvalue weighted by molar-refractivity contribution is -0.125. The number of carbonyl (C=O) groups excluding carboxylic acids is 2. The highest BCUT2D eigenvalue weighted by molar-refractivity contribution is 5.91. The fourth-order valence-electron chi connectivity index (χ4n) is 2.52. The topological polar surface area (TPSA) is 64.6 Å². The lowest BCUT2D eigenvalue weighted by atomic mass is 9.95. The van der Waals surface area contributed by atoms with E-state index in [0.29, 0.717) is 0 Å². The molecule has 1 amide bonds. The molecule has 120 valence electrons. The molecule has 0 radical (unpaired) electrons. The maximum absolute atomic E-state index is 13.5. The standard InChI is InChI=1S/C16H20FNO4/c1-21-14-8-7-11(9-13(14)17)16(20)22-10-15(19)18-12-5-3-2-4-6-12/h7-9,12H,2-6,10H2,1H3,(H,18,19). The molecule has 1 saturated carbocycles. The molecule has 1 aromatic rings. The SMILES string of the molecule is COc1ccc(C(=O)OCC(=O)NC2CCCCC2)cc1F. The predicted octanol–water partition coefficient (Wildman–Crippen LogP) is 2.44. The lowest BCUT2D eigenvalue weighted by Gasteiger charge is -2.22. The number of esters is 1. The van der Waals surface area contributed by atoms with Gasteiger partial charge in [0.25, 0.3) is 5.91 Å². The lowest BCUT2D eigenvalue weighted by Crippen LogP contribution is -2.38. The number of ether oxygens (including phenoxy) is 2. The Balaban J connectivity index is 1.81. The fourth-order valence-corrected chi connectivity index (χ4v) is 2.52. The molecule has 0 bridgehead atoms. The Bertz CT molecular complexity index is 541. The third kappa shape index (κ3) is 4.44. The van der Waals surface area contributed by atoms with Gasteiger partial charge in [-0.3, -0.25) is 4.79 Å². The van der Waals surface area contributed by atoms with E-state index in [4.69, 9.17) is 9.47 Å². The summed E-state index contributed by atoms with van der Waals surface area (Å²) in [5.74, 6) is -1.66. The highest BCUT2D eigenvalue weighted by Gasteiger charge is 2.17. The van der Waals surface area contributed by atoms with E-state index in [-0.39, 0.29) is 29.9 Å². The van der Waals surface area contributed by atoms with Gasteiger partial charge in [0.15, 0.2) is 18.2 Å². The Morgan fingerprint density at radius 2 is 2.00 bits per heavy atom. The number of methoxy groups -OCH3 is 1. The van der Waals surface area contributed by atoms with Crippen LogP contribution in [0.3, 0.4) is 0 Å². The Morgan fingerprint density at radius 3 is 2.64 bits per heavy atom. The summed E-state index contributed by atoms with van der Waals surface area (Å²) in [6.45, 7) is -0.358. The molecule has 1 aliphatic carbocycles. The molecule has 5 nitrogen and oxygen atoms in total. The summed E-state index contributed by atoms with van der Waals surface area (Å²) in [5, 5.41) is 2.85. The zero-order chi connectivity index (χ0) is 15.9. The van der Waals surface area contributed by atoms with Crippen LogP contribution in [0.4, 0.5) is 4.39 Å². The Labute approximate surface area is 128 Å². The van der Waals surface area contributed by atoms with Gasteiger partial charge >= 0.3 is 5.97 Å². The summed E-state index contributed by atoms with van der Waals surface area (Å²) in [5.41, 5.74) is 0.0452. The van der Waals surface area contributed by atoms with Crippen molar-refractivity contribution in [2.75, 3.05) is 13.7 Å². The van der Waals surface area contributed by atoms with E-state index < -0.39 is 11.8 Å². The second-order valence-electron chi connectivity index (χ2n) is 5.33. The molecule has 2 rings (SSSR count). The van der Waals surface area contributed by atoms with Crippen LogP contribution in [0, 0.1) is 5.82 Å². The van der Waals surface area contributed by atoms with Gasteiger partial charge in [0.05, 0.1) is 12.7 Å². The molecule has 0 saturated heterocycles. The second-order valence-corrected chi connectivity index (χ2v) is 5.33. The van der Waals surface area contributed by atoms with Gasteiger partial charge < -0.3 is 14.8 Å². The largest absolute Gasteiger partial charge is 0.494 e. The van der Waals surface area contributed by atoms with Crippen LogP contribution >= 0.6 is 0 Å². The number of benzene rings is 1. The summed E-state index contributed by atoms with van der Waals surface area (Å²) >= 11 is 0. The summed E-state index contributed by atoms with van der Waals surface area (Å²) in [4.78, 5) is 23.5. The second kappa shape index (κ2) is 7.77. The van der Waals surface area contributed by atoms with Gasteiger partial charge in [-0.25, -0.2) is 9.18 Å². The molecule has 0 atom stereocenters. The summed E-state index contributed by atoms with van der Waals surface area (Å²) in [6.07, 6.45) is 5.34. The van der Waals surface area contributed by atoms with Gasteiger partial charge in [0.1, 0.15) is 0 Å². The molecule has 1 fully saturated rings. The average molecular weight is 309 g/mol. The maximum Gasteiger partial charge on any atom is 0.338 e. The van der Waals surface area contributed by atoms with Crippen LogP contribution in [0.1, 0.15) is 42.5 Å². The zero-order valence-corrected chi connectivity index (χ0v) is 12.6. The summed E-state index contributed by atoms with van der Waals surface area (Å²) in [6, 6.07) is 3.93. The van der Waals surface area contributed by atoms with E-state index in [2.05, 4.69) is 5.32 Å². The Kier molecular flexibility index (Phi) is 5.75. The minimum Gasteiger partial charge on any atom is -0.494 e. The maximum atomic E-state index is 13.5. The third-order valence-corrected chi connectivity index (χ3v) is 3.69. The van der Waals surface area contributed by atoms with Gasteiger partial charge in [-0.15, -0.1) is 0 Å². The molecule has 0 spiro atoms. The predicted molar refractivity (Wildman–Crippen MR) is 78.3 cm³/mol. The number of hydrogen-bond acceptors (Lipinski definition) is 4. The van der Waals surface area contributed by atoms with Crippen molar-refractivity contribution >= 4 is 11.9 Å². The minimum absolute atomic E-state index is 0.0452. The van der Waals surface area contributed by atoms with E-state index >= 15 is 0 Å². The van der Waals surface area contributed by atoms with E-state index in [0.717, 1.165) is 31.7 Å². The monoisotopic (exact) mass is 309 g/mol. The summed E-state index contributed by atoms with van der Waals surface area (Å²) < 4.78 is 23.2. The van der Waals surface area contributed by atoms with Gasteiger partial charge in [-0.1, -0.05) is 19.3 Å². The highest BCUT2D eigenvalue weighted by atomic mass is 19.1. The number of amides is 1. The van der Waals surface area contributed by atoms with E-state index in [1.165, 1.54) is 25.7 Å². The van der Waals surface area contributed by atoms with Crippen molar-refractivity contribution in [3.63, 3.8) is 0 Å². The van der Waals surface area contributed by atoms with Crippen LogP contribution in [-0.4, -0.2) is 31.6 Å². The van der Waals surface area contributed by atoms with Crippen molar-refractivity contribution in [3.05, 3.63) is 29.6 Å². The van der Waals surface area contributed by atoms with Crippen LogP contribution < -0.4 is 10.1 Å². The van der Waals surface area contributed by atoms with Crippen LogP contribution in [0.2, 0.25) is 0 Å². The molecule has 1 aromatic carbocycles. The first kappa shape index (κ1) is 16.3. The molecular weight excluding hydrogens is 289 g/mol. The first-order valence-corrected chi connectivity index (χ1v) is 7.40. The quantitative estimate of drug-likeness (QED) is 0.849. The van der Waals surface area contributed by atoms with Crippen molar-refractivity contribution in [3.8, 4) is 5.75 Å². The summed E-state index contributed by atoms with van der Waals surface area (Å²) in [7, 11) is 1.34. The Hall–Kier alpha value is -2.11. The first-order chi connectivity index (χ1) is 10.6. The van der Waals surface area contributed by atoms with E-state index in [9.17, 15) is 14.0 Å². The number of nitrogens with one attached hydrogen (secondary N) is 1. The van der Waals surface area contributed by atoms with Gasteiger partial charge in [0, 0.05) is 6.04 Å². The first-order valence-electron chi connectivity index (χ1n) is 7.40. The van der Waals surface area contributed by atoms with Crippen LogP contribution in [0.15, 0.2) is 18.2 Å². The molecule has 0 aromatic heterocycles. The molecule has 6 heteroatoms. The average Bonchev–Trinajstić information content (AvgIpc) is 2.53. The number of halogens is 1. The minimum atomic E-state index is -0.736. The number of rotatable bonds is 5. The molecule has 0 unspecified atom stereocenters. The number of carbonyl (C=O) groups is 2. The van der Waals surface area contributed by atoms with Crippen LogP contribution in [0.25, 0.3) is 0 Å². The smallest absolute Gasteiger partial charge is 0.338 e. The molecule has 1 N–H and O–H groups in total. The van der Waals surface area contributed by atoms with Crippen molar-refractivity contribution in [1.29, 1.82) is 0 Å². The van der Waals surface area contributed by atoms with Crippen molar-refractivity contribution in [2.45, 2.75) is 38.1 Å². The van der Waals surface area contributed by atoms with Gasteiger partial charge in [0.2, 0.25) is 0 Å². The van der Waals surface area contributed by atoms with Crippen LogP contribution in [0.5, 0.6) is 5.75 Å². The molecule has 22 heavy (non-hydrogen) atoms. The van der Waals surface area contributed by atoms with Crippen molar-refractivity contribution in [1.82, 2.24) is 5.32 Å². The van der Waals surface area contributed by atoms with E-state index in [1.54, 1.807) is 0 Å². The van der Waals surface area contributed by atoms with Gasteiger partial charge in [-0.2, -0.15) is 0 Å². The zero-order valence-electron chi connectivity index (χ0n) is 12.6. The molecule has 0 heterocycles. The van der Waals surface area contributed by atoms with Gasteiger partial charge in [-0.05, 0) is 31.0 Å². The molecular formula is C16H20FNO4. The van der Waals surface area contributed by atoms with Crippen LogP contribution in [-0.2, 0) is 9.53 Å². The molecule has 0 aliphatic heterocycles. The molecule has 1 aliphatic rings. The highest BCUT2D eigenvalue weighted by Crippen LogP contribution is 2.18. The van der Waals surface area contributed by atoms with Crippen molar-refractivity contribution in [2.24, 2.45) is 0 Å². The normalized spacial score (nSPS) is 15.2.